The maximum Gasteiger partial charge on any atom is 0.306 e. The summed E-state index contributed by atoms with van der Waals surface area (Å²) in [5, 5.41) is 0. The Morgan fingerprint density at radius 1 is 0.323 bits per heavy atom. The lowest BCUT2D eigenvalue weighted by Crippen LogP contribution is -2.30. The quantitative estimate of drug-likeness (QED) is 0.0262. The summed E-state index contributed by atoms with van der Waals surface area (Å²) in [6.07, 6.45) is 68.5. The molecule has 1 atom stereocenters. The summed E-state index contributed by atoms with van der Waals surface area (Å²) < 4.78 is 16.8. The van der Waals surface area contributed by atoms with E-state index in [1.54, 1.807) is 0 Å². The van der Waals surface area contributed by atoms with Crippen LogP contribution in [0.25, 0.3) is 0 Å². The average Bonchev–Trinajstić information content (AvgIpc) is 3.30. The Hall–Kier alpha value is -3.41. The first-order valence-electron chi connectivity index (χ1n) is 27.1. The van der Waals surface area contributed by atoms with E-state index in [9.17, 15) is 14.4 Å². The van der Waals surface area contributed by atoms with Gasteiger partial charge in [-0.2, -0.15) is 0 Å². The number of carbonyl (C=O) groups is 3. The van der Waals surface area contributed by atoms with Crippen molar-refractivity contribution in [1.82, 2.24) is 0 Å². The summed E-state index contributed by atoms with van der Waals surface area (Å²) in [5.74, 6) is -0.917. The van der Waals surface area contributed by atoms with Gasteiger partial charge in [-0.05, 0) is 109 Å². The molecule has 0 aliphatic carbocycles. The molecule has 372 valence electrons. The van der Waals surface area contributed by atoms with Crippen LogP contribution in [0.15, 0.2) is 85.1 Å². The van der Waals surface area contributed by atoms with Crippen LogP contribution in [0.2, 0.25) is 0 Å². The molecule has 6 nitrogen and oxygen atoms in total. The molecule has 0 aromatic heterocycles. The van der Waals surface area contributed by atoms with Gasteiger partial charge in [0, 0.05) is 19.3 Å². The minimum absolute atomic E-state index is 0.0887. The van der Waals surface area contributed by atoms with Crippen molar-refractivity contribution in [2.75, 3.05) is 13.2 Å². The highest BCUT2D eigenvalue weighted by Crippen LogP contribution is 2.14. The standard InChI is InChI=1S/C59H100O6/c1-4-7-10-13-16-19-22-25-28-31-34-37-40-43-46-49-52-58(61)64-55-56(54-63-57(60)51-48-45-42-39-36-33-30-27-24-21-18-15-12-9-6-3)65-59(62)53-50-47-44-41-38-35-32-29-26-23-20-17-14-11-8-5-2/h7-8,10-11,16-17,19-21,24-26,28-29,56H,4-6,9,12-15,18,22-23,27,30-55H2,1-3H3/b10-7-,11-8-,19-16-,20-17-,24-21-,28-25-,29-26-. The van der Waals surface area contributed by atoms with Crippen molar-refractivity contribution < 1.29 is 28.6 Å². The Balaban J connectivity index is 4.44. The highest BCUT2D eigenvalue weighted by Gasteiger charge is 2.19. The van der Waals surface area contributed by atoms with E-state index in [4.69, 9.17) is 14.2 Å². The second kappa shape index (κ2) is 53.2. The van der Waals surface area contributed by atoms with Crippen molar-refractivity contribution in [3.8, 4) is 0 Å². The van der Waals surface area contributed by atoms with Gasteiger partial charge in [-0.25, -0.2) is 0 Å². The molecule has 0 heterocycles. The van der Waals surface area contributed by atoms with Gasteiger partial charge < -0.3 is 14.2 Å². The molecule has 0 spiro atoms. The third-order valence-electron chi connectivity index (χ3n) is 11.4. The van der Waals surface area contributed by atoms with Crippen molar-refractivity contribution in [3.63, 3.8) is 0 Å². The molecule has 0 aliphatic rings. The topological polar surface area (TPSA) is 78.9 Å². The van der Waals surface area contributed by atoms with E-state index in [1.807, 2.05) is 0 Å². The molecule has 65 heavy (non-hydrogen) atoms. The van der Waals surface area contributed by atoms with Crippen molar-refractivity contribution in [1.29, 1.82) is 0 Å². The number of ether oxygens (including phenoxy) is 3. The van der Waals surface area contributed by atoms with E-state index in [2.05, 4.69) is 106 Å². The summed E-state index contributed by atoms with van der Waals surface area (Å²) in [7, 11) is 0. The van der Waals surface area contributed by atoms with E-state index >= 15 is 0 Å². The number of unbranched alkanes of at least 4 members (excludes halogenated alkanes) is 23. The fourth-order valence-corrected chi connectivity index (χ4v) is 7.35. The Morgan fingerprint density at radius 2 is 0.600 bits per heavy atom. The minimum Gasteiger partial charge on any atom is -0.462 e. The Kier molecular flexibility index (Phi) is 50.4. The molecule has 0 rings (SSSR count). The van der Waals surface area contributed by atoms with Gasteiger partial charge in [0.05, 0.1) is 0 Å². The zero-order chi connectivity index (χ0) is 47.2. The first-order valence-corrected chi connectivity index (χ1v) is 27.1. The van der Waals surface area contributed by atoms with Crippen LogP contribution in [0.1, 0.15) is 252 Å². The van der Waals surface area contributed by atoms with Crippen molar-refractivity contribution in [2.24, 2.45) is 0 Å². The lowest BCUT2D eigenvalue weighted by molar-refractivity contribution is -0.167. The summed E-state index contributed by atoms with van der Waals surface area (Å²) in [6.45, 7) is 6.38. The first-order chi connectivity index (χ1) is 32.0. The Labute approximate surface area is 401 Å². The molecule has 0 fully saturated rings. The highest BCUT2D eigenvalue weighted by atomic mass is 16.6. The van der Waals surface area contributed by atoms with Crippen LogP contribution in [0.5, 0.6) is 0 Å². The summed E-state index contributed by atoms with van der Waals surface area (Å²) >= 11 is 0. The molecule has 0 aromatic rings. The molecule has 0 aromatic carbocycles. The molecule has 6 heteroatoms. The smallest absolute Gasteiger partial charge is 0.306 e. The van der Waals surface area contributed by atoms with Gasteiger partial charge in [0.15, 0.2) is 6.10 Å². The SMILES string of the molecule is CC/C=C\C/C=C\C/C=C\CCCCCCCCC(=O)OCC(COC(=O)CCCCCCCCC/C=C\CCCCCC)OC(=O)CCCCCCCC/C=C\C/C=C\C/C=C\CC. The Morgan fingerprint density at radius 3 is 0.954 bits per heavy atom. The van der Waals surface area contributed by atoms with E-state index in [0.29, 0.717) is 19.3 Å². The predicted octanol–water partition coefficient (Wildman–Crippen LogP) is 18.0. The first kappa shape index (κ1) is 61.6. The van der Waals surface area contributed by atoms with Gasteiger partial charge in [0.1, 0.15) is 13.2 Å². The fraction of sp³-hybridized carbons (Fsp3) is 0.712. The predicted molar refractivity (Wildman–Crippen MR) is 279 cm³/mol. The van der Waals surface area contributed by atoms with Gasteiger partial charge in [-0.15, -0.1) is 0 Å². The molecule has 0 aliphatic heterocycles. The third-order valence-corrected chi connectivity index (χ3v) is 11.4. The zero-order valence-electron chi connectivity index (χ0n) is 42.5. The summed E-state index contributed by atoms with van der Waals surface area (Å²) in [4.78, 5) is 38.1. The lowest BCUT2D eigenvalue weighted by atomic mass is 10.1. The van der Waals surface area contributed by atoms with Crippen molar-refractivity contribution in [3.05, 3.63) is 85.1 Å². The molecule has 0 N–H and O–H groups in total. The van der Waals surface area contributed by atoms with Crippen LogP contribution in [0.4, 0.5) is 0 Å². The van der Waals surface area contributed by atoms with Gasteiger partial charge in [-0.1, -0.05) is 209 Å². The van der Waals surface area contributed by atoms with Crippen LogP contribution in [0.3, 0.4) is 0 Å². The zero-order valence-corrected chi connectivity index (χ0v) is 42.5. The lowest BCUT2D eigenvalue weighted by Gasteiger charge is -2.18. The molecule has 0 saturated carbocycles. The summed E-state index contributed by atoms with van der Waals surface area (Å²) in [6, 6.07) is 0. The van der Waals surface area contributed by atoms with Crippen molar-refractivity contribution in [2.45, 2.75) is 258 Å². The second-order valence-corrected chi connectivity index (χ2v) is 17.7. The molecule has 0 radical (unpaired) electrons. The monoisotopic (exact) mass is 905 g/mol. The van der Waals surface area contributed by atoms with Crippen LogP contribution >= 0.6 is 0 Å². The summed E-state index contributed by atoms with van der Waals surface area (Å²) in [5.41, 5.74) is 0. The van der Waals surface area contributed by atoms with E-state index in [1.165, 1.54) is 96.3 Å². The second-order valence-electron chi connectivity index (χ2n) is 17.7. The molecule has 1 unspecified atom stereocenters. The Bertz CT molecular complexity index is 1270. The molecule has 0 bridgehead atoms. The van der Waals surface area contributed by atoms with Gasteiger partial charge >= 0.3 is 17.9 Å². The maximum absolute atomic E-state index is 12.8. The maximum atomic E-state index is 12.8. The average molecular weight is 905 g/mol. The van der Waals surface area contributed by atoms with Crippen LogP contribution in [-0.2, 0) is 28.6 Å². The van der Waals surface area contributed by atoms with Gasteiger partial charge in [0.2, 0.25) is 0 Å². The van der Waals surface area contributed by atoms with Crippen molar-refractivity contribution >= 4 is 17.9 Å². The number of esters is 3. The van der Waals surface area contributed by atoms with E-state index in [-0.39, 0.29) is 31.1 Å². The normalized spacial score (nSPS) is 12.7. The van der Waals surface area contributed by atoms with Crippen LogP contribution < -0.4 is 0 Å². The van der Waals surface area contributed by atoms with E-state index < -0.39 is 6.10 Å². The molecule has 0 amide bonds. The number of hydrogen-bond donors (Lipinski definition) is 0. The van der Waals surface area contributed by atoms with Gasteiger partial charge in [0.25, 0.3) is 0 Å². The molecule has 0 saturated heterocycles. The minimum atomic E-state index is -0.791. The molecular weight excluding hydrogens is 805 g/mol. The largest absolute Gasteiger partial charge is 0.462 e. The fourth-order valence-electron chi connectivity index (χ4n) is 7.35. The number of hydrogen-bond acceptors (Lipinski definition) is 6. The number of carbonyl (C=O) groups excluding carboxylic acids is 3. The number of allylic oxidation sites excluding steroid dienone is 14. The highest BCUT2D eigenvalue weighted by molar-refractivity contribution is 5.71. The third kappa shape index (κ3) is 51.4. The van der Waals surface area contributed by atoms with E-state index in [0.717, 1.165) is 116 Å². The van der Waals surface area contributed by atoms with Crippen LogP contribution in [-0.4, -0.2) is 37.2 Å². The van der Waals surface area contributed by atoms with Gasteiger partial charge in [-0.3, -0.25) is 14.4 Å². The number of rotatable bonds is 48. The van der Waals surface area contributed by atoms with Crippen LogP contribution in [0, 0.1) is 0 Å². The molecular formula is C59H100O6.